The van der Waals surface area contributed by atoms with Gasteiger partial charge in [0.15, 0.2) is 23.4 Å². The Balaban J connectivity index is 2.03. The Morgan fingerprint density at radius 2 is 2.17 bits per heavy atom. The Morgan fingerprint density at radius 1 is 1.43 bits per heavy atom. The first-order chi connectivity index (χ1) is 10.8. The summed E-state index contributed by atoms with van der Waals surface area (Å²) in [7, 11) is 2.18. The first-order valence-electron chi connectivity index (χ1n) is 8.59. The van der Waals surface area contributed by atoms with Crippen LogP contribution in [0.1, 0.15) is 44.7 Å². The predicted molar refractivity (Wildman–Crippen MR) is 88.0 cm³/mol. The van der Waals surface area contributed by atoms with Crippen LogP contribution in [0.3, 0.4) is 0 Å². The van der Waals surface area contributed by atoms with Gasteiger partial charge in [0.2, 0.25) is 0 Å². The lowest BCUT2D eigenvalue weighted by Crippen LogP contribution is -2.67. The molecule has 3 aliphatic rings. The summed E-state index contributed by atoms with van der Waals surface area (Å²) in [6.45, 7) is 7.40. The molecule has 2 aliphatic heterocycles. The zero-order chi connectivity index (χ0) is 16.6. The van der Waals surface area contributed by atoms with Gasteiger partial charge in [-0.05, 0) is 43.5 Å². The number of phenolic OH excluding ortho intramolecular Hbond substituents is 1. The molecule has 1 saturated heterocycles. The van der Waals surface area contributed by atoms with E-state index >= 15 is 0 Å². The average molecular weight is 315 g/mol. The highest BCUT2D eigenvalue weighted by Gasteiger charge is 2.67. The second-order valence-electron chi connectivity index (χ2n) is 7.91. The van der Waals surface area contributed by atoms with Crippen LogP contribution in [0.5, 0.6) is 11.5 Å². The second-order valence-corrected chi connectivity index (χ2v) is 7.91. The van der Waals surface area contributed by atoms with E-state index in [2.05, 4.69) is 25.8 Å². The third kappa shape index (κ3) is 1.58. The molecule has 1 N–H and O–H groups in total. The number of carbonyl (C=O) groups excluding carboxylic acids is 1. The Labute approximate surface area is 137 Å². The summed E-state index contributed by atoms with van der Waals surface area (Å²) in [6.07, 6.45) is 1.84. The highest BCUT2D eigenvalue weighted by Crippen LogP contribution is 2.65. The molecule has 2 bridgehead atoms. The maximum atomic E-state index is 12.7. The zero-order valence-electron chi connectivity index (χ0n) is 14.3. The van der Waals surface area contributed by atoms with Gasteiger partial charge in [0.05, 0.1) is 5.41 Å². The van der Waals surface area contributed by atoms with Crippen molar-refractivity contribution >= 4 is 5.78 Å². The van der Waals surface area contributed by atoms with E-state index in [0.717, 1.165) is 24.9 Å². The van der Waals surface area contributed by atoms with Gasteiger partial charge in [-0.25, -0.2) is 0 Å². The van der Waals surface area contributed by atoms with Crippen LogP contribution >= 0.6 is 0 Å². The summed E-state index contributed by atoms with van der Waals surface area (Å²) in [6, 6.07) is 4.12. The van der Waals surface area contributed by atoms with E-state index in [-0.39, 0.29) is 22.4 Å². The fraction of sp³-hybridized carbons (Fsp3) is 0.632. The molecule has 0 saturated carbocycles. The van der Waals surface area contributed by atoms with Crippen molar-refractivity contribution in [3.8, 4) is 11.5 Å². The molecule has 1 aliphatic carbocycles. The van der Waals surface area contributed by atoms with Gasteiger partial charge >= 0.3 is 0 Å². The van der Waals surface area contributed by atoms with Gasteiger partial charge < -0.3 is 14.7 Å². The maximum Gasteiger partial charge on any atom is 0.173 e. The van der Waals surface area contributed by atoms with Crippen LogP contribution in [0.25, 0.3) is 0 Å². The number of fused-ring (bicyclic) bond motifs is 1. The predicted octanol–water partition coefficient (Wildman–Crippen LogP) is 2.66. The molecule has 1 spiro atoms. The number of benzene rings is 1. The van der Waals surface area contributed by atoms with E-state index in [1.54, 1.807) is 6.07 Å². The molecule has 23 heavy (non-hydrogen) atoms. The number of phenols is 1. The summed E-state index contributed by atoms with van der Waals surface area (Å²) >= 11 is 0. The lowest BCUT2D eigenvalue weighted by Gasteiger charge is -2.60. The van der Waals surface area contributed by atoms with Gasteiger partial charge in [-0.3, -0.25) is 4.79 Å². The summed E-state index contributed by atoms with van der Waals surface area (Å²) in [5.41, 5.74) is 1.94. The molecule has 3 atom stereocenters. The monoisotopic (exact) mass is 315 g/mol. The first kappa shape index (κ1) is 15.0. The normalized spacial score (nSPS) is 33.9. The van der Waals surface area contributed by atoms with Crippen molar-refractivity contribution < 1.29 is 14.6 Å². The van der Waals surface area contributed by atoms with Crippen molar-refractivity contribution in [2.24, 2.45) is 5.41 Å². The van der Waals surface area contributed by atoms with Gasteiger partial charge in [0, 0.05) is 18.0 Å². The quantitative estimate of drug-likeness (QED) is 0.911. The summed E-state index contributed by atoms with van der Waals surface area (Å²) in [5.74, 6) is 0.873. The van der Waals surface area contributed by atoms with Crippen LogP contribution in [0, 0.1) is 5.41 Å². The molecule has 0 unspecified atom stereocenters. The standard InChI is InChI=1S/C19H25NO3/c1-5-12(21)17-19-8-9-20(4)14(18(19,2)3)10-11-6-7-13(22)16(23-17)15(11)19/h6-7,14,17,22H,5,8-10H2,1-4H3/t14-,17+,19+/m1/s1. The lowest BCUT2D eigenvalue weighted by atomic mass is 9.48. The van der Waals surface area contributed by atoms with Crippen molar-refractivity contribution in [1.82, 2.24) is 4.90 Å². The highest BCUT2D eigenvalue weighted by atomic mass is 16.5. The molecule has 1 aromatic rings. The van der Waals surface area contributed by atoms with Crippen LogP contribution in [0.4, 0.5) is 0 Å². The molecule has 0 amide bonds. The largest absolute Gasteiger partial charge is 0.504 e. The molecular formula is C19H25NO3. The Hall–Kier alpha value is -1.55. The van der Waals surface area contributed by atoms with Crippen LogP contribution in [0.15, 0.2) is 12.1 Å². The minimum Gasteiger partial charge on any atom is -0.504 e. The maximum absolute atomic E-state index is 12.7. The smallest absolute Gasteiger partial charge is 0.173 e. The molecule has 0 aromatic heterocycles. The lowest BCUT2D eigenvalue weighted by molar-refractivity contribution is -0.136. The number of aromatic hydroxyl groups is 1. The molecule has 1 fully saturated rings. The summed E-state index contributed by atoms with van der Waals surface area (Å²) in [5, 5.41) is 10.3. The molecule has 0 radical (unpaired) electrons. The Morgan fingerprint density at radius 3 is 2.87 bits per heavy atom. The van der Waals surface area contributed by atoms with Crippen LogP contribution in [0.2, 0.25) is 0 Å². The van der Waals surface area contributed by atoms with Crippen molar-refractivity contribution in [2.45, 2.75) is 57.6 Å². The first-order valence-corrected chi connectivity index (χ1v) is 8.59. The summed E-state index contributed by atoms with van der Waals surface area (Å²) in [4.78, 5) is 15.2. The molecule has 2 heterocycles. The Bertz CT molecular complexity index is 696. The number of likely N-dealkylation sites (tertiary alicyclic amines) is 1. The van der Waals surface area contributed by atoms with Crippen LogP contribution in [-0.4, -0.2) is 41.5 Å². The van der Waals surface area contributed by atoms with E-state index in [1.165, 1.54) is 5.56 Å². The van der Waals surface area contributed by atoms with Crippen LogP contribution in [-0.2, 0) is 16.6 Å². The van der Waals surface area contributed by atoms with E-state index < -0.39 is 6.10 Å². The van der Waals surface area contributed by atoms with Crippen LogP contribution < -0.4 is 4.74 Å². The van der Waals surface area contributed by atoms with E-state index in [9.17, 15) is 9.90 Å². The van der Waals surface area contributed by atoms with Gasteiger partial charge in [0.25, 0.3) is 0 Å². The minimum absolute atomic E-state index is 0.0818. The number of ketones is 1. The van der Waals surface area contributed by atoms with Crippen molar-refractivity contribution in [2.75, 3.05) is 13.6 Å². The number of hydrogen-bond donors (Lipinski definition) is 1. The van der Waals surface area contributed by atoms with Gasteiger partial charge in [-0.15, -0.1) is 0 Å². The molecule has 4 rings (SSSR count). The number of likely N-dealkylation sites (N-methyl/N-ethyl adjacent to an activating group) is 1. The molecule has 4 heteroatoms. The number of ether oxygens (including phenoxy) is 1. The van der Waals surface area contributed by atoms with Crippen molar-refractivity contribution in [3.05, 3.63) is 23.3 Å². The van der Waals surface area contributed by atoms with Gasteiger partial charge in [-0.1, -0.05) is 26.8 Å². The average Bonchev–Trinajstić information content (AvgIpc) is 2.86. The van der Waals surface area contributed by atoms with Gasteiger partial charge in [0.1, 0.15) is 0 Å². The third-order valence-electron chi connectivity index (χ3n) is 6.78. The zero-order valence-corrected chi connectivity index (χ0v) is 14.3. The third-order valence-corrected chi connectivity index (χ3v) is 6.78. The topological polar surface area (TPSA) is 49.8 Å². The fourth-order valence-electron chi connectivity index (χ4n) is 5.48. The number of rotatable bonds is 2. The number of carbonyl (C=O) groups is 1. The molecule has 124 valence electrons. The number of piperidine rings is 1. The SMILES string of the molecule is CCC(=O)[C@@H]1Oc2c(O)ccc3c2[C@@]12CCN(C)[C@H](C3)C2(C)C. The van der Waals surface area contributed by atoms with Gasteiger partial charge in [-0.2, -0.15) is 0 Å². The molecule has 4 nitrogen and oxygen atoms in total. The number of Topliss-reactive ketones (excluding diaryl/α,β-unsaturated/α-hetero) is 1. The minimum atomic E-state index is -0.471. The van der Waals surface area contributed by atoms with E-state index in [4.69, 9.17) is 4.74 Å². The highest BCUT2D eigenvalue weighted by molar-refractivity contribution is 5.87. The second kappa shape index (κ2) is 4.50. The number of hydrogen-bond acceptors (Lipinski definition) is 4. The van der Waals surface area contributed by atoms with Crippen molar-refractivity contribution in [3.63, 3.8) is 0 Å². The fourth-order valence-corrected chi connectivity index (χ4v) is 5.48. The van der Waals surface area contributed by atoms with Crippen molar-refractivity contribution in [1.29, 1.82) is 0 Å². The molecular weight excluding hydrogens is 290 g/mol. The Kier molecular flexibility index (Phi) is 2.94. The van der Waals surface area contributed by atoms with E-state index in [0.29, 0.717) is 18.2 Å². The van der Waals surface area contributed by atoms with E-state index in [1.807, 2.05) is 13.0 Å². The number of nitrogens with zero attached hydrogens (tertiary/aromatic N) is 1. The summed E-state index contributed by atoms with van der Waals surface area (Å²) < 4.78 is 6.14. The molecule has 1 aromatic carbocycles.